The lowest BCUT2D eigenvalue weighted by molar-refractivity contribution is -0.274. The zero-order valence-electron chi connectivity index (χ0n) is 17.3. The Morgan fingerprint density at radius 1 is 1.26 bits per heavy atom. The molecule has 1 aromatic heterocycles. The molecule has 0 saturated carbocycles. The number of alkyl halides is 3. The van der Waals surface area contributed by atoms with Crippen LogP contribution in [0.3, 0.4) is 0 Å². The molecule has 0 spiro atoms. The monoisotopic (exact) mass is 455 g/mol. The number of amides is 1. The number of ether oxygens (including phenoxy) is 2. The Morgan fingerprint density at radius 2 is 1.94 bits per heavy atom. The van der Waals surface area contributed by atoms with Crippen LogP contribution in [0.5, 0.6) is 5.75 Å². The number of benzene rings is 1. The highest BCUT2D eigenvalue weighted by atomic mass is 32.2. The van der Waals surface area contributed by atoms with E-state index in [9.17, 15) is 18.0 Å². The Hall–Kier alpha value is -2.46. The molecule has 1 N–H and O–H groups in total. The molecule has 1 aliphatic heterocycles. The first-order chi connectivity index (χ1) is 14.8. The van der Waals surface area contributed by atoms with Crippen LogP contribution in [-0.4, -0.2) is 49.3 Å². The zero-order valence-corrected chi connectivity index (χ0v) is 18.1. The lowest BCUT2D eigenvalue weighted by atomic mass is 10.1. The summed E-state index contributed by atoms with van der Waals surface area (Å²) < 4.78 is 46.1. The molecule has 31 heavy (non-hydrogen) atoms. The summed E-state index contributed by atoms with van der Waals surface area (Å²) in [5.41, 5.74) is 1.99. The number of thioether (sulfide) groups is 1. The van der Waals surface area contributed by atoms with Gasteiger partial charge in [-0.25, -0.2) is 4.98 Å². The van der Waals surface area contributed by atoms with Gasteiger partial charge in [0.15, 0.2) is 0 Å². The van der Waals surface area contributed by atoms with Gasteiger partial charge in [0.25, 0.3) is 5.91 Å². The number of hydrogen-bond acceptors (Lipinski definition) is 6. The Bertz CT molecular complexity index is 901. The summed E-state index contributed by atoms with van der Waals surface area (Å²) in [7, 11) is 0. The van der Waals surface area contributed by atoms with Gasteiger partial charge in [0.1, 0.15) is 16.6 Å². The van der Waals surface area contributed by atoms with Gasteiger partial charge in [0, 0.05) is 19.6 Å². The normalized spacial score (nSPS) is 14.4. The second-order valence-electron chi connectivity index (χ2n) is 6.88. The lowest BCUT2D eigenvalue weighted by Gasteiger charge is -2.28. The molecule has 0 unspecified atom stereocenters. The number of aromatic nitrogens is 1. The molecule has 168 valence electrons. The first-order valence-corrected chi connectivity index (χ1v) is 10.9. The van der Waals surface area contributed by atoms with E-state index in [0.29, 0.717) is 29.4 Å². The van der Waals surface area contributed by atoms with Crippen LogP contribution in [0.15, 0.2) is 35.4 Å². The van der Waals surface area contributed by atoms with Gasteiger partial charge in [-0.1, -0.05) is 19.1 Å². The smallest absolute Gasteiger partial charge is 0.406 e. The number of carbonyl (C=O) groups is 1. The summed E-state index contributed by atoms with van der Waals surface area (Å²) in [4.78, 5) is 19.8. The van der Waals surface area contributed by atoms with Gasteiger partial charge < -0.3 is 19.7 Å². The Labute approximate surface area is 183 Å². The Balaban J connectivity index is 1.71. The van der Waals surface area contributed by atoms with E-state index in [4.69, 9.17) is 9.72 Å². The highest BCUT2D eigenvalue weighted by molar-refractivity contribution is 7.99. The van der Waals surface area contributed by atoms with Gasteiger partial charge >= 0.3 is 6.36 Å². The van der Waals surface area contributed by atoms with Crippen molar-refractivity contribution >= 4 is 23.5 Å². The first-order valence-electron chi connectivity index (χ1n) is 9.87. The fraction of sp³-hybridized carbons (Fsp3) is 0.429. The topological polar surface area (TPSA) is 63.7 Å². The molecule has 1 fully saturated rings. The van der Waals surface area contributed by atoms with Crippen molar-refractivity contribution < 1.29 is 27.4 Å². The van der Waals surface area contributed by atoms with E-state index in [2.05, 4.69) is 15.0 Å². The van der Waals surface area contributed by atoms with Crippen molar-refractivity contribution in [1.82, 2.24) is 10.3 Å². The second kappa shape index (κ2) is 10.2. The number of hydrogen-bond donors (Lipinski definition) is 1. The van der Waals surface area contributed by atoms with Crippen molar-refractivity contribution in [2.24, 2.45) is 0 Å². The number of carbonyl (C=O) groups excluding carboxylic acids is 1. The molecule has 1 saturated heterocycles. The van der Waals surface area contributed by atoms with E-state index < -0.39 is 6.36 Å². The standard InChI is InChI=1S/C21H24F3N3O3S/c1-3-31-20-18(14(2)12-17(26-20)27-8-10-29-11-9-27)19(28)25-13-15-4-6-16(7-5-15)30-21(22,23)24/h4-7,12H,3,8-11,13H2,1-2H3,(H,25,28). The molecule has 0 aliphatic carbocycles. The summed E-state index contributed by atoms with van der Waals surface area (Å²) >= 11 is 1.50. The maximum absolute atomic E-state index is 12.9. The van der Waals surface area contributed by atoms with Crippen LogP contribution >= 0.6 is 11.8 Å². The summed E-state index contributed by atoms with van der Waals surface area (Å²) in [6.45, 7) is 6.84. The van der Waals surface area contributed by atoms with E-state index in [1.54, 1.807) is 0 Å². The van der Waals surface area contributed by atoms with Crippen molar-refractivity contribution in [3.05, 3.63) is 47.0 Å². The summed E-state index contributed by atoms with van der Waals surface area (Å²) in [5, 5.41) is 3.50. The molecule has 1 amide bonds. The number of aryl methyl sites for hydroxylation is 1. The summed E-state index contributed by atoms with van der Waals surface area (Å²) in [6.07, 6.45) is -4.74. The summed E-state index contributed by atoms with van der Waals surface area (Å²) in [5.74, 6) is 1.02. The van der Waals surface area contributed by atoms with E-state index in [0.717, 1.165) is 30.2 Å². The average molecular weight is 456 g/mol. The maximum atomic E-state index is 12.9. The van der Waals surface area contributed by atoms with Crippen molar-refractivity contribution in [2.45, 2.75) is 31.8 Å². The molecule has 1 aromatic carbocycles. The molecule has 10 heteroatoms. The predicted molar refractivity (Wildman–Crippen MR) is 113 cm³/mol. The number of halogens is 3. The third kappa shape index (κ3) is 6.51. The van der Waals surface area contributed by atoms with Gasteiger partial charge in [0.2, 0.25) is 0 Å². The van der Waals surface area contributed by atoms with Crippen molar-refractivity contribution in [2.75, 3.05) is 37.0 Å². The van der Waals surface area contributed by atoms with Gasteiger partial charge in [-0.15, -0.1) is 24.9 Å². The summed E-state index contributed by atoms with van der Waals surface area (Å²) in [6, 6.07) is 7.31. The van der Waals surface area contributed by atoms with Crippen LogP contribution in [0.25, 0.3) is 0 Å². The molecule has 0 bridgehead atoms. The van der Waals surface area contributed by atoms with Crippen molar-refractivity contribution in [3.63, 3.8) is 0 Å². The van der Waals surface area contributed by atoms with Crippen molar-refractivity contribution in [1.29, 1.82) is 0 Å². The first kappa shape index (κ1) is 23.2. The van der Waals surface area contributed by atoms with Crippen molar-refractivity contribution in [3.8, 4) is 5.75 Å². The van der Waals surface area contributed by atoms with Crippen LogP contribution in [-0.2, 0) is 11.3 Å². The minimum absolute atomic E-state index is 0.173. The van der Waals surface area contributed by atoms with E-state index in [-0.39, 0.29) is 18.2 Å². The highest BCUT2D eigenvalue weighted by Gasteiger charge is 2.31. The predicted octanol–water partition coefficient (Wildman–Crippen LogP) is 4.17. The quantitative estimate of drug-likeness (QED) is 0.633. The molecule has 2 heterocycles. The van der Waals surface area contributed by atoms with E-state index in [1.807, 2.05) is 19.9 Å². The second-order valence-corrected chi connectivity index (χ2v) is 8.14. The average Bonchev–Trinajstić information content (AvgIpc) is 2.72. The SMILES string of the molecule is CCSc1nc(N2CCOCC2)cc(C)c1C(=O)NCc1ccc(OC(F)(F)F)cc1. The maximum Gasteiger partial charge on any atom is 0.573 e. The highest BCUT2D eigenvalue weighted by Crippen LogP contribution is 2.28. The van der Waals surface area contributed by atoms with Crippen LogP contribution in [0.2, 0.25) is 0 Å². The number of nitrogens with zero attached hydrogens (tertiary/aromatic N) is 2. The zero-order chi connectivity index (χ0) is 22.4. The Kier molecular flexibility index (Phi) is 7.66. The van der Waals surface area contributed by atoms with E-state index in [1.165, 1.54) is 36.0 Å². The third-order valence-corrected chi connectivity index (χ3v) is 5.48. The molecule has 1 aliphatic rings. The molecule has 3 rings (SSSR count). The van der Waals surface area contributed by atoms with Gasteiger partial charge in [-0.05, 0) is 42.0 Å². The van der Waals surface area contributed by atoms with Crippen LogP contribution in [0.1, 0.15) is 28.4 Å². The van der Waals surface area contributed by atoms with Gasteiger partial charge in [-0.3, -0.25) is 4.79 Å². The van der Waals surface area contributed by atoms with Crippen LogP contribution in [0.4, 0.5) is 19.0 Å². The number of anilines is 1. The number of nitrogens with one attached hydrogen (secondary N) is 1. The number of rotatable bonds is 7. The number of pyridine rings is 1. The molecular weight excluding hydrogens is 431 g/mol. The lowest BCUT2D eigenvalue weighted by Crippen LogP contribution is -2.37. The van der Waals surface area contributed by atoms with Gasteiger partial charge in [0.05, 0.1) is 18.8 Å². The largest absolute Gasteiger partial charge is 0.573 e. The van der Waals surface area contributed by atoms with Crippen LogP contribution < -0.4 is 15.0 Å². The molecular formula is C21H24F3N3O3S. The van der Waals surface area contributed by atoms with E-state index >= 15 is 0 Å². The third-order valence-electron chi connectivity index (χ3n) is 4.62. The fourth-order valence-electron chi connectivity index (χ4n) is 3.18. The number of morpholine rings is 1. The molecule has 2 aromatic rings. The Morgan fingerprint density at radius 3 is 2.55 bits per heavy atom. The minimum atomic E-state index is -4.74. The van der Waals surface area contributed by atoms with Crippen LogP contribution in [0, 0.1) is 6.92 Å². The van der Waals surface area contributed by atoms with Gasteiger partial charge in [-0.2, -0.15) is 0 Å². The molecule has 0 radical (unpaired) electrons. The fourth-order valence-corrected chi connectivity index (χ4v) is 4.01. The minimum Gasteiger partial charge on any atom is -0.406 e. The molecule has 0 atom stereocenters. The molecule has 6 nitrogen and oxygen atoms in total.